The summed E-state index contributed by atoms with van der Waals surface area (Å²) in [5.74, 6) is 0.539. The first-order valence-electron chi connectivity index (χ1n) is 17.2. The minimum absolute atomic E-state index is 0.0623. The number of carbonyl (C=O) groups is 3. The van der Waals surface area contributed by atoms with Crippen molar-refractivity contribution < 1.29 is 23.9 Å². The number of anilines is 1. The number of Topliss-reactive ketones (excluding diaryl/α,β-unsaturated/α-hetero) is 1. The maximum Gasteiger partial charge on any atom is 0.411 e. The lowest BCUT2D eigenvalue weighted by molar-refractivity contribution is 0.0590. The number of rotatable bonds is 16. The van der Waals surface area contributed by atoms with E-state index in [-0.39, 0.29) is 17.8 Å². The van der Waals surface area contributed by atoms with Crippen LogP contribution in [0, 0.1) is 0 Å². The smallest absolute Gasteiger partial charge is 0.411 e. The van der Waals surface area contributed by atoms with Crippen LogP contribution in [-0.2, 0) is 11.3 Å². The van der Waals surface area contributed by atoms with Crippen molar-refractivity contribution in [1.29, 1.82) is 0 Å². The topological polar surface area (TPSA) is 121 Å². The van der Waals surface area contributed by atoms with Crippen molar-refractivity contribution in [2.24, 2.45) is 0 Å². The quantitative estimate of drug-likeness (QED) is 0.0874. The normalized spacial score (nSPS) is 14.0. The van der Waals surface area contributed by atoms with Gasteiger partial charge in [0.05, 0.1) is 18.8 Å². The molecule has 1 saturated heterocycles. The molecule has 1 heterocycles. The molecule has 0 saturated carbocycles. The van der Waals surface area contributed by atoms with Gasteiger partial charge in [0.1, 0.15) is 11.9 Å². The standard InChI is InChI=1S/C40H47N5O5/c1-29(38(46)32-11-8-12-33(27-32)39(47)43-22-21-41-28-30-15-17-34(49-2)18-16-30)42-23-26-45-24-19-35(20-25-45)50-40(48)44-37-14-7-6-13-36(37)31-9-4-3-5-10-31/h3-18,27,29,35,41-42H,19-26,28H2,1-2H3,(H,43,47)(H,44,48). The van der Waals surface area contributed by atoms with Crippen molar-refractivity contribution in [2.45, 2.75) is 38.5 Å². The molecule has 1 aliphatic rings. The minimum Gasteiger partial charge on any atom is -0.497 e. The van der Waals surface area contributed by atoms with Gasteiger partial charge in [0.2, 0.25) is 0 Å². The zero-order valence-electron chi connectivity index (χ0n) is 28.8. The third-order valence-electron chi connectivity index (χ3n) is 8.81. The van der Waals surface area contributed by atoms with Gasteiger partial charge in [-0.15, -0.1) is 0 Å². The van der Waals surface area contributed by atoms with E-state index in [2.05, 4.69) is 26.2 Å². The molecular formula is C40H47N5O5. The third kappa shape index (κ3) is 10.7. The van der Waals surface area contributed by atoms with E-state index in [1.54, 1.807) is 31.4 Å². The van der Waals surface area contributed by atoms with Crippen molar-refractivity contribution in [3.63, 3.8) is 0 Å². The average molecular weight is 678 g/mol. The van der Waals surface area contributed by atoms with E-state index in [0.717, 1.165) is 60.6 Å². The number of likely N-dealkylation sites (tertiary alicyclic amines) is 1. The Labute approximate surface area is 294 Å². The summed E-state index contributed by atoms with van der Waals surface area (Å²) in [6, 6.07) is 31.9. The van der Waals surface area contributed by atoms with E-state index in [4.69, 9.17) is 9.47 Å². The maximum atomic E-state index is 13.2. The summed E-state index contributed by atoms with van der Waals surface area (Å²) in [4.78, 5) is 41.0. The number of hydrogen-bond acceptors (Lipinski definition) is 8. The summed E-state index contributed by atoms with van der Waals surface area (Å²) in [6.07, 6.45) is 0.898. The number of ketones is 1. The fraction of sp³-hybridized carbons (Fsp3) is 0.325. The van der Waals surface area contributed by atoms with E-state index in [9.17, 15) is 14.4 Å². The predicted octanol–water partition coefficient (Wildman–Crippen LogP) is 5.76. The molecule has 10 heteroatoms. The highest BCUT2D eigenvalue weighted by Gasteiger charge is 2.23. The molecule has 0 radical (unpaired) electrons. The second kappa shape index (κ2) is 18.7. The Morgan fingerprint density at radius 1 is 0.820 bits per heavy atom. The van der Waals surface area contributed by atoms with Crippen LogP contribution in [-0.4, -0.2) is 81.2 Å². The van der Waals surface area contributed by atoms with Gasteiger partial charge in [0, 0.05) is 62.5 Å². The van der Waals surface area contributed by atoms with Gasteiger partial charge >= 0.3 is 6.09 Å². The van der Waals surface area contributed by atoms with Crippen LogP contribution in [0.25, 0.3) is 11.1 Å². The summed E-state index contributed by atoms with van der Waals surface area (Å²) < 4.78 is 11.0. The lowest BCUT2D eigenvalue weighted by atomic mass is 10.0. The molecule has 50 heavy (non-hydrogen) atoms. The zero-order chi connectivity index (χ0) is 35.1. The first kappa shape index (κ1) is 36.3. The number of nitrogens with one attached hydrogen (secondary N) is 4. The number of carbonyl (C=O) groups excluding carboxylic acids is 3. The largest absolute Gasteiger partial charge is 0.497 e. The van der Waals surface area contributed by atoms with Crippen molar-refractivity contribution in [3.8, 4) is 16.9 Å². The van der Waals surface area contributed by atoms with Gasteiger partial charge in [-0.25, -0.2) is 4.79 Å². The first-order chi connectivity index (χ1) is 24.4. The van der Waals surface area contributed by atoms with Crippen LogP contribution >= 0.6 is 0 Å². The number of piperidine rings is 1. The first-order valence-corrected chi connectivity index (χ1v) is 17.2. The molecule has 0 aliphatic carbocycles. The Morgan fingerprint density at radius 3 is 2.30 bits per heavy atom. The Bertz CT molecular complexity index is 1690. The summed E-state index contributed by atoms with van der Waals surface area (Å²) >= 11 is 0. The molecule has 1 fully saturated rings. The molecule has 4 aromatic carbocycles. The highest BCUT2D eigenvalue weighted by atomic mass is 16.6. The molecule has 1 atom stereocenters. The van der Waals surface area contributed by atoms with Crippen LogP contribution in [0.2, 0.25) is 0 Å². The van der Waals surface area contributed by atoms with Gasteiger partial charge in [-0.2, -0.15) is 0 Å². The molecular weight excluding hydrogens is 630 g/mol. The molecule has 262 valence electrons. The van der Waals surface area contributed by atoms with Gasteiger partial charge < -0.3 is 30.3 Å². The van der Waals surface area contributed by atoms with Gasteiger partial charge in [-0.1, -0.05) is 72.8 Å². The van der Waals surface area contributed by atoms with E-state index < -0.39 is 12.1 Å². The molecule has 0 aromatic heterocycles. The molecule has 0 bridgehead atoms. The number of para-hydroxylation sites is 1. The van der Waals surface area contributed by atoms with Crippen molar-refractivity contribution in [2.75, 3.05) is 51.7 Å². The third-order valence-corrected chi connectivity index (χ3v) is 8.81. The Balaban J connectivity index is 0.975. The fourth-order valence-corrected chi connectivity index (χ4v) is 5.94. The zero-order valence-corrected chi connectivity index (χ0v) is 28.8. The van der Waals surface area contributed by atoms with Gasteiger partial charge in [0.25, 0.3) is 5.91 Å². The predicted molar refractivity (Wildman–Crippen MR) is 197 cm³/mol. The second-order valence-electron chi connectivity index (χ2n) is 12.4. The molecule has 4 N–H and O–H groups in total. The molecule has 0 spiro atoms. The molecule has 10 nitrogen and oxygen atoms in total. The minimum atomic E-state index is -0.444. The Kier molecular flexibility index (Phi) is 13.5. The molecule has 5 rings (SSSR count). The van der Waals surface area contributed by atoms with Crippen molar-refractivity contribution >= 4 is 23.5 Å². The highest BCUT2D eigenvalue weighted by molar-refractivity contribution is 6.03. The maximum absolute atomic E-state index is 13.2. The molecule has 4 aromatic rings. The molecule has 1 aliphatic heterocycles. The number of hydrogen-bond donors (Lipinski definition) is 4. The number of ether oxygens (including phenoxy) is 2. The Morgan fingerprint density at radius 2 is 1.54 bits per heavy atom. The summed E-state index contributed by atoms with van der Waals surface area (Å²) in [7, 11) is 1.64. The van der Waals surface area contributed by atoms with E-state index in [1.165, 1.54) is 0 Å². The molecule has 1 unspecified atom stereocenters. The van der Waals surface area contributed by atoms with Gasteiger partial charge in [-0.05, 0) is 61.2 Å². The van der Waals surface area contributed by atoms with Crippen molar-refractivity contribution in [3.05, 3.63) is 120 Å². The summed E-state index contributed by atoms with van der Waals surface area (Å²) in [6.45, 7) is 6.62. The average Bonchev–Trinajstić information content (AvgIpc) is 3.15. The fourth-order valence-electron chi connectivity index (χ4n) is 5.94. The van der Waals surface area contributed by atoms with Crippen LogP contribution < -0.4 is 26.0 Å². The van der Waals surface area contributed by atoms with Gasteiger partial charge in [0.15, 0.2) is 5.78 Å². The number of methoxy groups -OCH3 is 1. The van der Waals surface area contributed by atoms with E-state index in [0.29, 0.717) is 37.3 Å². The highest BCUT2D eigenvalue weighted by Crippen LogP contribution is 2.28. The van der Waals surface area contributed by atoms with Gasteiger partial charge in [-0.3, -0.25) is 14.9 Å². The van der Waals surface area contributed by atoms with Crippen LogP contribution in [0.5, 0.6) is 5.75 Å². The second-order valence-corrected chi connectivity index (χ2v) is 12.4. The number of benzene rings is 4. The number of nitrogens with zero attached hydrogens (tertiary/aromatic N) is 1. The van der Waals surface area contributed by atoms with Crippen molar-refractivity contribution in [1.82, 2.24) is 20.9 Å². The van der Waals surface area contributed by atoms with Crippen LogP contribution in [0.15, 0.2) is 103 Å². The SMILES string of the molecule is COc1ccc(CNCCNC(=O)c2cccc(C(=O)C(C)NCCN3CCC(OC(=O)Nc4ccccc4-c4ccccc4)CC3)c2)cc1. The monoisotopic (exact) mass is 677 g/mol. The van der Waals surface area contributed by atoms with Crippen LogP contribution in [0.1, 0.15) is 46.0 Å². The number of amides is 2. The van der Waals surface area contributed by atoms with Crippen LogP contribution in [0.4, 0.5) is 10.5 Å². The van der Waals surface area contributed by atoms with E-state index >= 15 is 0 Å². The Hall–Kier alpha value is -5.03. The molecule has 2 amide bonds. The van der Waals surface area contributed by atoms with Crippen LogP contribution in [0.3, 0.4) is 0 Å². The van der Waals surface area contributed by atoms with E-state index in [1.807, 2.05) is 85.8 Å². The summed E-state index contributed by atoms with van der Waals surface area (Å²) in [5, 5.41) is 12.5. The summed E-state index contributed by atoms with van der Waals surface area (Å²) in [5.41, 5.74) is 4.77. The lowest BCUT2D eigenvalue weighted by Gasteiger charge is -2.31. The lowest BCUT2D eigenvalue weighted by Crippen LogP contribution is -2.44.